The molecule has 1 fully saturated rings. The molecule has 1 aliphatic carbocycles. The van der Waals surface area contributed by atoms with Crippen LogP contribution < -0.4 is 0 Å². The van der Waals surface area contributed by atoms with Gasteiger partial charge in [0.25, 0.3) is 0 Å². The van der Waals surface area contributed by atoms with Crippen LogP contribution in [0.15, 0.2) is 24.3 Å². The maximum atomic E-state index is 12.3. The number of amides is 1. The van der Waals surface area contributed by atoms with Crippen molar-refractivity contribution in [3.63, 3.8) is 0 Å². The van der Waals surface area contributed by atoms with Crippen molar-refractivity contribution in [1.29, 1.82) is 0 Å². The number of benzene rings is 1. The first kappa shape index (κ1) is 14.1. The minimum Gasteiger partial charge on any atom is -0.480 e. The molecule has 1 aromatic carbocycles. The van der Waals surface area contributed by atoms with E-state index in [4.69, 9.17) is 4.74 Å². The summed E-state index contributed by atoms with van der Waals surface area (Å²) in [5.41, 5.74) is 2.03. The molecule has 5 heteroatoms. The summed E-state index contributed by atoms with van der Waals surface area (Å²) < 4.78 is 5.40. The van der Waals surface area contributed by atoms with Crippen LogP contribution in [0, 0.1) is 5.92 Å². The van der Waals surface area contributed by atoms with E-state index in [9.17, 15) is 14.7 Å². The molecule has 1 N–H and O–H groups in total. The van der Waals surface area contributed by atoms with Crippen molar-refractivity contribution in [2.24, 2.45) is 5.92 Å². The molecule has 1 aromatic rings. The number of hydrogen-bond acceptors (Lipinski definition) is 3. The Bertz CT molecular complexity index is 553. The molecule has 112 valence electrons. The summed E-state index contributed by atoms with van der Waals surface area (Å²) in [7, 11) is 0. The van der Waals surface area contributed by atoms with Gasteiger partial charge in [0, 0.05) is 13.0 Å². The van der Waals surface area contributed by atoms with Crippen molar-refractivity contribution in [3.8, 4) is 0 Å². The first-order valence-electron chi connectivity index (χ1n) is 7.32. The second-order valence-electron chi connectivity index (χ2n) is 5.81. The number of carbonyl (C=O) groups is 2. The Morgan fingerprint density at radius 2 is 1.95 bits per heavy atom. The van der Waals surface area contributed by atoms with E-state index in [0.29, 0.717) is 25.5 Å². The van der Waals surface area contributed by atoms with Crippen LogP contribution in [0.5, 0.6) is 0 Å². The van der Waals surface area contributed by atoms with Crippen LogP contribution in [0.25, 0.3) is 0 Å². The van der Waals surface area contributed by atoms with Crippen molar-refractivity contribution in [3.05, 3.63) is 35.4 Å². The van der Waals surface area contributed by atoms with Crippen LogP contribution in [0.1, 0.15) is 24.0 Å². The summed E-state index contributed by atoms with van der Waals surface area (Å²) in [5.74, 6) is -0.604. The van der Waals surface area contributed by atoms with Crippen LogP contribution >= 0.6 is 0 Å². The van der Waals surface area contributed by atoms with E-state index in [2.05, 4.69) is 0 Å². The quantitative estimate of drug-likeness (QED) is 0.891. The van der Waals surface area contributed by atoms with Gasteiger partial charge < -0.3 is 14.7 Å². The third kappa shape index (κ3) is 3.24. The normalized spacial score (nSPS) is 21.0. The summed E-state index contributed by atoms with van der Waals surface area (Å²) in [4.78, 5) is 25.1. The lowest BCUT2D eigenvalue weighted by atomic mass is 9.94. The molecule has 1 aliphatic heterocycles. The maximum Gasteiger partial charge on any atom is 0.326 e. The lowest BCUT2D eigenvalue weighted by Crippen LogP contribution is -2.49. The molecule has 0 radical (unpaired) electrons. The Hall–Kier alpha value is -1.88. The molecule has 1 heterocycles. The molecule has 0 bridgehead atoms. The first-order valence-corrected chi connectivity index (χ1v) is 7.32. The fourth-order valence-electron chi connectivity index (χ4n) is 2.69. The van der Waals surface area contributed by atoms with Gasteiger partial charge in [0.2, 0.25) is 5.91 Å². The molecule has 0 saturated heterocycles. The molecule has 1 atom stereocenters. The van der Waals surface area contributed by atoms with E-state index < -0.39 is 12.0 Å². The topological polar surface area (TPSA) is 66.8 Å². The van der Waals surface area contributed by atoms with Crippen molar-refractivity contribution in [2.75, 3.05) is 13.2 Å². The summed E-state index contributed by atoms with van der Waals surface area (Å²) in [6.07, 6.45) is 2.70. The van der Waals surface area contributed by atoms with Crippen LogP contribution in [0.3, 0.4) is 0 Å². The van der Waals surface area contributed by atoms with Crippen molar-refractivity contribution in [2.45, 2.75) is 31.8 Å². The van der Waals surface area contributed by atoms with Gasteiger partial charge in [0.05, 0.1) is 6.61 Å². The second-order valence-corrected chi connectivity index (χ2v) is 5.81. The van der Waals surface area contributed by atoms with E-state index in [1.807, 2.05) is 24.3 Å². The summed E-state index contributed by atoms with van der Waals surface area (Å²) in [6.45, 7) is 0.926. The highest BCUT2D eigenvalue weighted by Crippen LogP contribution is 2.29. The van der Waals surface area contributed by atoms with E-state index >= 15 is 0 Å². The third-order valence-corrected chi connectivity index (χ3v) is 4.13. The first-order chi connectivity index (χ1) is 10.1. The Labute approximate surface area is 123 Å². The molecule has 0 aromatic heterocycles. The Morgan fingerprint density at radius 3 is 2.62 bits per heavy atom. The minimum atomic E-state index is -0.958. The number of nitrogens with zero attached hydrogens (tertiary/aromatic N) is 1. The maximum absolute atomic E-state index is 12.3. The standard InChI is InChI=1S/C16H19NO4/c18-15(10-21-9-11-5-6-11)17-8-13-4-2-1-3-12(13)7-14(17)16(19)20/h1-4,11,14H,5-10H2,(H,19,20). The lowest BCUT2D eigenvalue weighted by Gasteiger charge is -2.34. The highest BCUT2D eigenvalue weighted by atomic mass is 16.5. The molecule has 21 heavy (non-hydrogen) atoms. The zero-order valence-corrected chi connectivity index (χ0v) is 11.8. The lowest BCUT2D eigenvalue weighted by molar-refractivity contribution is -0.153. The molecule has 1 amide bonds. The second kappa shape index (κ2) is 5.85. The SMILES string of the molecule is O=C(O)C1Cc2ccccc2CN1C(=O)COCC1CC1. The molecule has 0 spiro atoms. The Kier molecular flexibility index (Phi) is 3.92. The number of carboxylic acid groups (broad SMARTS) is 1. The average Bonchev–Trinajstić information content (AvgIpc) is 3.30. The zero-order valence-electron chi connectivity index (χ0n) is 11.8. The molecule has 5 nitrogen and oxygen atoms in total. The van der Waals surface area contributed by atoms with E-state index in [0.717, 1.165) is 11.1 Å². The zero-order chi connectivity index (χ0) is 14.8. The molecule has 2 aliphatic rings. The Morgan fingerprint density at radius 1 is 1.24 bits per heavy atom. The largest absolute Gasteiger partial charge is 0.480 e. The number of aliphatic carboxylic acids is 1. The predicted molar refractivity (Wildman–Crippen MR) is 75.7 cm³/mol. The van der Waals surface area contributed by atoms with Gasteiger partial charge in [0.1, 0.15) is 12.6 Å². The number of fused-ring (bicyclic) bond motifs is 1. The van der Waals surface area contributed by atoms with Gasteiger partial charge in [-0.05, 0) is 29.9 Å². The summed E-state index contributed by atoms with van der Waals surface area (Å²) in [6, 6.07) is 6.88. The van der Waals surface area contributed by atoms with Crippen molar-refractivity contribution >= 4 is 11.9 Å². The number of carbonyl (C=O) groups excluding carboxylic acids is 1. The number of rotatable bonds is 5. The number of carboxylic acids is 1. The summed E-state index contributed by atoms with van der Waals surface area (Å²) in [5, 5.41) is 9.37. The van der Waals surface area contributed by atoms with Gasteiger partial charge in [-0.2, -0.15) is 0 Å². The van der Waals surface area contributed by atoms with Gasteiger partial charge in [0.15, 0.2) is 0 Å². The van der Waals surface area contributed by atoms with Crippen LogP contribution in [0.4, 0.5) is 0 Å². The molecule has 3 rings (SSSR count). The van der Waals surface area contributed by atoms with Gasteiger partial charge in [-0.15, -0.1) is 0 Å². The fraction of sp³-hybridized carbons (Fsp3) is 0.500. The Balaban J connectivity index is 1.68. The van der Waals surface area contributed by atoms with Crippen LogP contribution in [0.2, 0.25) is 0 Å². The molecular formula is C16H19NO4. The van der Waals surface area contributed by atoms with Crippen LogP contribution in [-0.2, 0) is 27.3 Å². The third-order valence-electron chi connectivity index (χ3n) is 4.13. The van der Waals surface area contributed by atoms with E-state index in [1.54, 1.807) is 0 Å². The van der Waals surface area contributed by atoms with Gasteiger partial charge in [-0.1, -0.05) is 24.3 Å². The van der Waals surface area contributed by atoms with E-state index in [1.165, 1.54) is 17.7 Å². The van der Waals surface area contributed by atoms with Gasteiger partial charge >= 0.3 is 5.97 Å². The van der Waals surface area contributed by atoms with Gasteiger partial charge in [-0.25, -0.2) is 4.79 Å². The highest BCUT2D eigenvalue weighted by molar-refractivity contribution is 5.85. The summed E-state index contributed by atoms with van der Waals surface area (Å²) >= 11 is 0. The average molecular weight is 289 g/mol. The highest BCUT2D eigenvalue weighted by Gasteiger charge is 2.34. The smallest absolute Gasteiger partial charge is 0.326 e. The molecular weight excluding hydrogens is 270 g/mol. The molecule has 1 saturated carbocycles. The predicted octanol–water partition coefficient (Wildman–Crippen LogP) is 1.45. The molecule has 1 unspecified atom stereocenters. The van der Waals surface area contributed by atoms with E-state index in [-0.39, 0.29) is 12.5 Å². The minimum absolute atomic E-state index is 0.0254. The van der Waals surface area contributed by atoms with Crippen molar-refractivity contribution in [1.82, 2.24) is 4.90 Å². The van der Waals surface area contributed by atoms with Gasteiger partial charge in [-0.3, -0.25) is 4.79 Å². The van der Waals surface area contributed by atoms with Crippen molar-refractivity contribution < 1.29 is 19.4 Å². The number of ether oxygens (including phenoxy) is 1. The monoisotopic (exact) mass is 289 g/mol. The fourth-order valence-corrected chi connectivity index (χ4v) is 2.69. The number of hydrogen-bond donors (Lipinski definition) is 1. The van der Waals surface area contributed by atoms with Crippen LogP contribution in [-0.4, -0.2) is 41.1 Å².